The minimum atomic E-state index is -1.20. The summed E-state index contributed by atoms with van der Waals surface area (Å²) in [6.45, 7) is 4.37. The van der Waals surface area contributed by atoms with Crippen molar-refractivity contribution in [3.05, 3.63) is 35.9 Å². The number of ether oxygens (including phenoxy) is 1. The van der Waals surface area contributed by atoms with Crippen molar-refractivity contribution in [2.24, 2.45) is 0 Å². The third-order valence-corrected chi connectivity index (χ3v) is 4.38. The average Bonchev–Trinajstić information content (AvgIpc) is 3.02. The Kier molecular flexibility index (Phi) is 3.92. The highest BCUT2D eigenvalue weighted by atomic mass is 16.5. The van der Waals surface area contributed by atoms with Gasteiger partial charge in [0.15, 0.2) is 17.3 Å². The zero-order chi connectivity index (χ0) is 18.3. The van der Waals surface area contributed by atoms with Crippen LogP contribution in [0.25, 0.3) is 16.9 Å². The van der Waals surface area contributed by atoms with E-state index in [1.165, 1.54) is 0 Å². The van der Waals surface area contributed by atoms with E-state index in [1.807, 2.05) is 34.6 Å². The molecule has 0 aromatic carbocycles. The van der Waals surface area contributed by atoms with E-state index in [4.69, 9.17) is 10.5 Å². The highest BCUT2D eigenvalue weighted by molar-refractivity contribution is 5.92. The van der Waals surface area contributed by atoms with E-state index in [9.17, 15) is 9.90 Å². The van der Waals surface area contributed by atoms with Crippen LogP contribution in [0.15, 0.2) is 24.5 Å². The van der Waals surface area contributed by atoms with Crippen LogP contribution in [0.5, 0.6) is 0 Å². The molecule has 0 radical (unpaired) electrons. The molecule has 3 aromatic rings. The number of hydrogen-bond donors (Lipinski definition) is 2. The number of pyridine rings is 1. The van der Waals surface area contributed by atoms with Gasteiger partial charge in [-0.1, -0.05) is 0 Å². The van der Waals surface area contributed by atoms with Gasteiger partial charge >= 0.3 is 5.97 Å². The molecule has 0 atom stereocenters. The second-order valence-electron chi connectivity index (χ2n) is 6.08. The average molecular weight is 354 g/mol. The number of nitrogens with zero attached hydrogens (tertiary/aromatic N) is 5. The summed E-state index contributed by atoms with van der Waals surface area (Å²) in [5.74, 6) is -0.736. The first-order valence-electron chi connectivity index (χ1n) is 8.22. The van der Waals surface area contributed by atoms with Gasteiger partial charge < -0.3 is 24.9 Å². The van der Waals surface area contributed by atoms with E-state index >= 15 is 0 Å². The summed E-state index contributed by atoms with van der Waals surface area (Å²) in [5, 5.41) is 9.39. The van der Waals surface area contributed by atoms with E-state index < -0.39 is 5.97 Å². The van der Waals surface area contributed by atoms with Crippen molar-refractivity contribution in [2.45, 2.75) is 6.92 Å². The zero-order valence-corrected chi connectivity index (χ0v) is 14.2. The summed E-state index contributed by atoms with van der Waals surface area (Å²) in [5.41, 5.74) is 8.60. The molecule has 0 amide bonds. The van der Waals surface area contributed by atoms with Crippen LogP contribution in [0.3, 0.4) is 0 Å². The number of aromatic nitrogens is 4. The van der Waals surface area contributed by atoms with Gasteiger partial charge in [-0.3, -0.25) is 0 Å². The molecular weight excluding hydrogens is 336 g/mol. The number of nitrogen functional groups attached to an aromatic ring is 1. The topological polar surface area (TPSA) is 119 Å². The summed E-state index contributed by atoms with van der Waals surface area (Å²) in [6, 6.07) is 3.72. The van der Waals surface area contributed by atoms with Gasteiger partial charge in [0.05, 0.1) is 13.2 Å². The van der Waals surface area contributed by atoms with Crippen LogP contribution in [-0.2, 0) is 4.74 Å². The van der Waals surface area contributed by atoms with Gasteiger partial charge in [-0.05, 0) is 19.1 Å². The van der Waals surface area contributed by atoms with Crippen LogP contribution in [0.1, 0.15) is 16.2 Å². The molecule has 4 heterocycles. The Bertz CT molecular complexity index is 994. The normalized spacial score (nSPS) is 14.7. The number of fused-ring (bicyclic) bond motifs is 1. The molecule has 134 valence electrons. The summed E-state index contributed by atoms with van der Waals surface area (Å²) >= 11 is 0. The van der Waals surface area contributed by atoms with Gasteiger partial charge in [0.2, 0.25) is 0 Å². The number of carboxylic acids is 1. The number of carbonyl (C=O) groups is 1. The standard InChI is InChI=1S/C17H18N6O3/c1-10-8-19-12-3-2-11(9-23(10)12)13-16(22-4-6-26-7-5-22)21-15(18)14(20-13)17(24)25/h2-3,8-9H,4-7H2,1H3,(H2,18,21)(H,24,25). The summed E-state index contributed by atoms with van der Waals surface area (Å²) in [7, 11) is 0. The first-order valence-corrected chi connectivity index (χ1v) is 8.22. The Hall–Kier alpha value is -3.20. The van der Waals surface area contributed by atoms with E-state index in [2.05, 4.69) is 15.0 Å². The lowest BCUT2D eigenvalue weighted by atomic mass is 10.1. The fourth-order valence-corrected chi connectivity index (χ4v) is 3.03. The number of morpholine rings is 1. The molecule has 0 unspecified atom stereocenters. The molecule has 1 saturated heterocycles. The van der Waals surface area contributed by atoms with Crippen LogP contribution < -0.4 is 10.6 Å². The van der Waals surface area contributed by atoms with E-state index in [0.717, 1.165) is 16.9 Å². The molecular formula is C17H18N6O3. The van der Waals surface area contributed by atoms with Gasteiger partial charge in [0.25, 0.3) is 0 Å². The number of rotatable bonds is 3. The fourth-order valence-electron chi connectivity index (χ4n) is 3.03. The van der Waals surface area contributed by atoms with Crippen molar-refractivity contribution in [3.63, 3.8) is 0 Å². The lowest BCUT2D eigenvalue weighted by Gasteiger charge is -2.29. The minimum Gasteiger partial charge on any atom is -0.476 e. The van der Waals surface area contributed by atoms with Crippen LogP contribution in [0, 0.1) is 6.92 Å². The number of aryl methyl sites for hydroxylation is 1. The third kappa shape index (κ3) is 2.72. The number of imidazole rings is 1. The minimum absolute atomic E-state index is 0.0948. The van der Waals surface area contributed by atoms with Crippen molar-refractivity contribution in [3.8, 4) is 11.3 Å². The monoisotopic (exact) mass is 354 g/mol. The molecule has 9 heteroatoms. The van der Waals surface area contributed by atoms with Crippen molar-refractivity contribution in [1.82, 2.24) is 19.4 Å². The second kappa shape index (κ2) is 6.26. The Labute approximate surface area is 149 Å². The number of hydrogen-bond acceptors (Lipinski definition) is 7. The number of carboxylic acid groups (broad SMARTS) is 1. The highest BCUT2D eigenvalue weighted by Crippen LogP contribution is 2.30. The Morgan fingerprint density at radius 2 is 2.04 bits per heavy atom. The molecule has 0 spiro atoms. The third-order valence-electron chi connectivity index (χ3n) is 4.38. The molecule has 3 N–H and O–H groups in total. The van der Waals surface area contributed by atoms with Gasteiger partial charge in [0.1, 0.15) is 11.3 Å². The van der Waals surface area contributed by atoms with Crippen molar-refractivity contribution < 1.29 is 14.6 Å². The maximum Gasteiger partial charge on any atom is 0.358 e. The molecule has 26 heavy (non-hydrogen) atoms. The van der Waals surface area contributed by atoms with Gasteiger partial charge in [-0.25, -0.2) is 19.7 Å². The smallest absolute Gasteiger partial charge is 0.358 e. The quantitative estimate of drug-likeness (QED) is 0.720. The molecule has 0 aliphatic carbocycles. The van der Waals surface area contributed by atoms with E-state index in [0.29, 0.717) is 37.8 Å². The van der Waals surface area contributed by atoms with Gasteiger partial charge in [-0.2, -0.15) is 0 Å². The Morgan fingerprint density at radius 1 is 1.27 bits per heavy atom. The summed E-state index contributed by atoms with van der Waals surface area (Å²) in [6.07, 6.45) is 3.66. The Balaban J connectivity index is 1.91. The lowest BCUT2D eigenvalue weighted by Crippen LogP contribution is -2.37. The molecule has 0 bridgehead atoms. The van der Waals surface area contributed by atoms with Crippen molar-refractivity contribution in [2.75, 3.05) is 36.9 Å². The SMILES string of the molecule is Cc1cnc2ccc(-c3nc(C(=O)O)c(N)nc3N3CCOCC3)cn12. The first kappa shape index (κ1) is 16.3. The number of anilines is 2. The molecule has 3 aromatic heterocycles. The number of nitrogens with two attached hydrogens (primary N) is 1. The van der Waals surface area contributed by atoms with Gasteiger partial charge in [0, 0.05) is 36.7 Å². The largest absolute Gasteiger partial charge is 0.476 e. The van der Waals surface area contributed by atoms with Crippen molar-refractivity contribution >= 4 is 23.3 Å². The number of aromatic carboxylic acids is 1. The van der Waals surface area contributed by atoms with Crippen LogP contribution in [0.2, 0.25) is 0 Å². The van der Waals surface area contributed by atoms with Crippen LogP contribution in [-0.4, -0.2) is 56.7 Å². The summed E-state index contributed by atoms with van der Waals surface area (Å²) < 4.78 is 7.32. The molecule has 1 fully saturated rings. The maximum absolute atomic E-state index is 11.5. The predicted molar refractivity (Wildman–Crippen MR) is 95.4 cm³/mol. The lowest BCUT2D eigenvalue weighted by molar-refractivity contribution is 0.0691. The summed E-state index contributed by atoms with van der Waals surface area (Å²) in [4.78, 5) is 26.5. The molecule has 1 aliphatic heterocycles. The molecule has 4 rings (SSSR count). The van der Waals surface area contributed by atoms with E-state index in [-0.39, 0.29) is 11.5 Å². The molecule has 0 saturated carbocycles. The first-order chi connectivity index (χ1) is 12.5. The fraction of sp³-hybridized carbons (Fsp3) is 0.294. The maximum atomic E-state index is 11.5. The highest BCUT2D eigenvalue weighted by Gasteiger charge is 2.23. The van der Waals surface area contributed by atoms with Crippen LogP contribution >= 0.6 is 0 Å². The second-order valence-corrected chi connectivity index (χ2v) is 6.08. The predicted octanol–water partition coefficient (Wildman–Crippen LogP) is 1.22. The van der Waals surface area contributed by atoms with Crippen LogP contribution in [0.4, 0.5) is 11.6 Å². The molecule has 1 aliphatic rings. The van der Waals surface area contributed by atoms with Crippen molar-refractivity contribution in [1.29, 1.82) is 0 Å². The van der Waals surface area contributed by atoms with Gasteiger partial charge in [-0.15, -0.1) is 0 Å². The molecule has 9 nitrogen and oxygen atoms in total. The van der Waals surface area contributed by atoms with E-state index in [1.54, 1.807) is 6.20 Å². The Morgan fingerprint density at radius 3 is 2.77 bits per heavy atom. The zero-order valence-electron chi connectivity index (χ0n) is 14.2.